The summed E-state index contributed by atoms with van der Waals surface area (Å²) in [6.45, 7) is 0. The summed E-state index contributed by atoms with van der Waals surface area (Å²) in [4.78, 5) is 12.4. The molecule has 1 aliphatic rings. The van der Waals surface area contributed by atoms with Gasteiger partial charge >= 0.3 is 35.5 Å². The largest absolute Gasteiger partial charge is 1.00 e. The fraction of sp³-hybridized carbons (Fsp3) is 0.188. The molecule has 0 fully saturated rings. The number of methoxy groups -OCH3 is 2. The van der Waals surface area contributed by atoms with Crippen molar-refractivity contribution in [2.24, 2.45) is 0 Å². The number of hydrogen-bond acceptors (Lipinski definition) is 4. The van der Waals surface area contributed by atoms with Gasteiger partial charge in [-0.1, -0.05) is 24.3 Å². The van der Waals surface area contributed by atoms with Crippen molar-refractivity contribution >= 4 is 17.7 Å². The maximum Gasteiger partial charge on any atom is 1.00 e. The number of thioether (sulfide) groups is 1. The fourth-order valence-corrected chi connectivity index (χ4v) is 3.74. The summed E-state index contributed by atoms with van der Waals surface area (Å²) in [5.74, 6) is 0.437. The van der Waals surface area contributed by atoms with Crippen LogP contribution in [0.4, 0.5) is 0 Å². The van der Waals surface area contributed by atoms with Crippen molar-refractivity contribution in [2.75, 3.05) is 14.2 Å². The molecule has 2 aromatic carbocycles. The molecule has 1 heterocycles. The number of aliphatic carboxylic acids is 1. The van der Waals surface area contributed by atoms with E-state index in [1.54, 1.807) is 20.3 Å². The minimum Gasteiger partial charge on any atom is -1.00 e. The van der Waals surface area contributed by atoms with Crippen LogP contribution in [0.2, 0.25) is 0 Å². The summed E-state index contributed by atoms with van der Waals surface area (Å²) >= 11 is 1.32. The Morgan fingerprint density at radius 3 is 2.55 bits per heavy atom. The van der Waals surface area contributed by atoms with Gasteiger partial charge in [-0.3, -0.25) is 4.79 Å². The molecule has 1 atom stereocenters. The van der Waals surface area contributed by atoms with Gasteiger partial charge in [-0.2, -0.15) is 0 Å². The Labute approximate surface area is 156 Å². The maximum atomic E-state index is 11.5. The van der Waals surface area contributed by atoms with E-state index < -0.39 is 11.2 Å². The SMILES string of the molecule is COc1ccc2c(c1OC)-c1ccccc1C(C(=O)O)S2.[H-].[Na+]. The van der Waals surface area contributed by atoms with E-state index in [4.69, 9.17) is 9.47 Å². The van der Waals surface area contributed by atoms with Crippen molar-refractivity contribution in [3.05, 3.63) is 42.0 Å². The van der Waals surface area contributed by atoms with Gasteiger partial charge in [0.1, 0.15) is 5.25 Å². The van der Waals surface area contributed by atoms with Crippen LogP contribution in [0.15, 0.2) is 41.3 Å². The second kappa shape index (κ2) is 6.96. The second-order valence-electron chi connectivity index (χ2n) is 4.60. The molecule has 3 rings (SSSR count). The van der Waals surface area contributed by atoms with Crippen LogP contribution in [-0.4, -0.2) is 25.3 Å². The number of carbonyl (C=O) groups is 1. The predicted octanol–water partition coefficient (Wildman–Crippen LogP) is 0.719. The number of carboxylic acids is 1. The molecule has 4 nitrogen and oxygen atoms in total. The van der Waals surface area contributed by atoms with Crippen LogP contribution in [0.25, 0.3) is 11.1 Å². The molecule has 1 N–H and O–H groups in total. The van der Waals surface area contributed by atoms with Crippen molar-refractivity contribution in [3.8, 4) is 22.6 Å². The van der Waals surface area contributed by atoms with Crippen LogP contribution in [0.5, 0.6) is 11.5 Å². The summed E-state index contributed by atoms with van der Waals surface area (Å²) in [6, 6.07) is 11.2. The third kappa shape index (κ3) is 2.74. The molecule has 22 heavy (non-hydrogen) atoms. The first-order chi connectivity index (χ1) is 10.2. The van der Waals surface area contributed by atoms with E-state index in [1.165, 1.54) is 11.8 Å². The van der Waals surface area contributed by atoms with Crippen LogP contribution < -0.4 is 39.0 Å². The Hall–Kier alpha value is -1.14. The van der Waals surface area contributed by atoms with Gasteiger partial charge in [-0.05, 0) is 23.3 Å². The predicted molar refractivity (Wildman–Crippen MR) is 82.3 cm³/mol. The molecule has 110 valence electrons. The third-order valence-corrected chi connectivity index (χ3v) is 4.77. The molecule has 0 aromatic heterocycles. The smallest absolute Gasteiger partial charge is 1.00 e. The monoisotopic (exact) mass is 326 g/mol. The van der Waals surface area contributed by atoms with Crippen LogP contribution in [0.1, 0.15) is 12.2 Å². The normalized spacial score (nSPS) is 15.1. The third-order valence-electron chi connectivity index (χ3n) is 3.49. The topological polar surface area (TPSA) is 55.8 Å². The molecule has 0 bridgehead atoms. The number of carboxylic acid groups (broad SMARTS) is 1. The van der Waals surface area contributed by atoms with Gasteiger partial charge < -0.3 is 16.0 Å². The quantitative estimate of drug-likeness (QED) is 0.843. The average molecular weight is 326 g/mol. The average Bonchev–Trinajstić information content (AvgIpc) is 2.52. The van der Waals surface area contributed by atoms with E-state index in [0.29, 0.717) is 11.5 Å². The molecular weight excluding hydrogens is 311 g/mol. The Bertz CT molecular complexity index is 723. The number of fused-ring (bicyclic) bond motifs is 3. The molecule has 1 unspecified atom stereocenters. The number of benzene rings is 2. The summed E-state index contributed by atoms with van der Waals surface area (Å²) in [5.41, 5.74) is 2.57. The van der Waals surface area contributed by atoms with Crippen molar-refractivity contribution in [1.29, 1.82) is 0 Å². The molecule has 0 radical (unpaired) electrons. The summed E-state index contributed by atoms with van der Waals surface area (Å²) < 4.78 is 10.8. The van der Waals surface area contributed by atoms with Gasteiger partial charge in [0.2, 0.25) is 0 Å². The van der Waals surface area contributed by atoms with E-state index in [9.17, 15) is 9.90 Å². The molecule has 0 saturated heterocycles. The Morgan fingerprint density at radius 1 is 1.18 bits per heavy atom. The zero-order valence-electron chi connectivity index (χ0n) is 13.6. The number of hydrogen-bond donors (Lipinski definition) is 1. The fourth-order valence-electron chi connectivity index (χ4n) is 2.59. The summed E-state index contributed by atoms with van der Waals surface area (Å²) in [6.07, 6.45) is 0. The van der Waals surface area contributed by atoms with Crippen LogP contribution in [0, 0.1) is 0 Å². The first-order valence-corrected chi connectivity index (χ1v) is 7.29. The first-order valence-electron chi connectivity index (χ1n) is 6.41. The Kier molecular flexibility index (Phi) is 5.45. The summed E-state index contributed by atoms with van der Waals surface area (Å²) in [7, 11) is 3.18. The van der Waals surface area contributed by atoms with E-state index >= 15 is 0 Å². The van der Waals surface area contributed by atoms with Gasteiger partial charge in [0.05, 0.1) is 14.2 Å². The van der Waals surface area contributed by atoms with Gasteiger partial charge in [0.25, 0.3) is 0 Å². The number of rotatable bonds is 3. The van der Waals surface area contributed by atoms with Gasteiger partial charge in [-0.15, -0.1) is 11.8 Å². The van der Waals surface area contributed by atoms with Crippen LogP contribution in [0.3, 0.4) is 0 Å². The van der Waals surface area contributed by atoms with Gasteiger partial charge in [0, 0.05) is 10.5 Å². The zero-order valence-corrected chi connectivity index (χ0v) is 15.4. The molecule has 2 aromatic rings. The standard InChI is InChI=1S/C16H14O4S.Na.H/c1-19-11-7-8-12-13(14(11)20-2)9-5-3-4-6-10(9)15(21-12)16(17)18;;/h3-8,15H,1-2H3,(H,17,18);;/q;+1;-1. The van der Waals surface area contributed by atoms with E-state index in [1.807, 2.05) is 30.3 Å². The molecule has 0 amide bonds. The van der Waals surface area contributed by atoms with Crippen LogP contribution in [-0.2, 0) is 4.79 Å². The minimum absolute atomic E-state index is 0. The zero-order chi connectivity index (χ0) is 15.0. The van der Waals surface area contributed by atoms with E-state index in [-0.39, 0.29) is 31.0 Å². The van der Waals surface area contributed by atoms with Crippen molar-refractivity contribution in [2.45, 2.75) is 10.1 Å². The molecule has 1 aliphatic heterocycles. The molecular formula is C16H15NaO4S. The van der Waals surface area contributed by atoms with Crippen molar-refractivity contribution in [1.82, 2.24) is 0 Å². The first kappa shape index (κ1) is 17.2. The van der Waals surface area contributed by atoms with Gasteiger partial charge in [-0.25, -0.2) is 0 Å². The van der Waals surface area contributed by atoms with E-state index in [2.05, 4.69) is 0 Å². The molecule has 0 spiro atoms. The van der Waals surface area contributed by atoms with Crippen molar-refractivity contribution in [3.63, 3.8) is 0 Å². The van der Waals surface area contributed by atoms with Crippen molar-refractivity contribution < 1.29 is 50.4 Å². The Balaban J connectivity index is 0.00000132. The Morgan fingerprint density at radius 2 is 1.91 bits per heavy atom. The molecule has 0 aliphatic carbocycles. The summed E-state index contributed by atoms with van der Waals surface area (Å²) in [5, 5.41) is 8.86. The second-order valence-corrected chi connectivity index (χ2v) is 5.74. The molecule has 6 heteroatoms. The van der Waals surface area contributed by atoms with Crippen LogP contribution >= 0.6 is 11.8 Å². The minimum atomic E-state index is -0.840. The number of ether oxygens (including phenoxy) is 2. The van der Waals surface area contributed by atoms with E-state index in [0.717, 1.165) is 21.6 Å². The maximum absolute atomic E-state index is 11.5. The van der Waals surface area contributed by atoms with Gasteiger partial charge in [0.15, 0.2) is 11.5 Å². The molecule has 0 saturated carbocycles.